The summed E-state index contributed by atoms with van der Waals surface area (Å²) in [4.78, 5) is 6.58. The molecule has 1 aliphatic heterocycles. The number of hydrogen-bond donors (Lipinski definition) is 1. The maximum atomic E-state index is 9.26. The Kier molecular flexibility index (Phi) is 2.89. The first-order chi connectivity index (χ1) is 8.78. The number of ether oxygens (including phenoxy) is 1. The van der Waals surface area contributed by atoms with Crippen LogP contribution >= 0.6 is 0 Å². The molecule has 0 spiro atoms. The Morgan fingerprint density at radius 2 is 2.33 bits per heavy atom. The van der Waals surface area contributed by atoms with E-state index in [0.717, 1.165) is 17.9 Å². The van der Waals surface area contributed by atoms with Gasteiger partial charge in [-0.25, -0.2) is 9.50 Å². The summed E-state index contributed by atoms with van der Waals surface area (Å²) in [5, 5.41) is 13.5. The molecule has 0 aliphatic carbocycles. The van der Waals surface area contributed by atoms with Crippen LogP contribution in [0.4, 0.5) is 5.82 Å². The van der Waals surface area contributed by atoms with Crippen molar-refractivity contribution < 1.29 is 9.84 Å². The second-order valence-electron chi connectivity index (χ2n) is 4.57. The van der Waals surface area contributed by atoms with Crippen LogP contribution in [-0.2, 0) is 4.74 Å². The van der Waals surface area contributed by atoms with Gasteiger partial charge in [-0.05, 0) is 13.0 Å². The summed E-state index contributed by atoms with van der Waals surface area (Å²) in [6, 6.07) is 1.94. The number of fused-ring (bicyclic) bond motifs is 1. The van der Waals surface area contributed by atoms with E-state index in [1.165, 1.54) is 0 Å². The number of morpholine rings is 1. The van der Waals surface area contributed by atoms with Crippen molar-refractivity contribution in [3.8, 4) is 0 Å². The largest absolute Gasteiger partial charge is 0.394 e. The molecule has 96 valence electrons. The zero-order valence-electron chi connectivity index (χ0n) is 10.2. The Bertz CT molecular complexity index is 542. The van der Waals surface area contributed by atoms with E-state index >= 15 is 0 Å². The van der Waals surface area contributed by atoms with Crippen LogP contribution in [-0.4, -0.2) is 51.6 Å². The van der Waals surface area contributed by atoms with Gasteiger partial charge in [0, 0.05) is 25.5 Å². The third kappa shape index (κ3) is 1.93. The Labute approximate surface area is 105 Å². The Balaban J connectivity index is 1.96. The zero-order valence-corrected chi connectivity index (χ0v) is 10.2. The highest BCUT2D eigenvalue weighted by Gasteiger charge is 2.26. The van der Waals surface area contributed by atoms with E-state index in [9.17, 15) is 5.11 Å². The summed E-state index contributed by atoms with van der Waals surface area (Å²) >= 11 is 0. The lowest BCUT2D eigenvalue weighted by Crippen LogP contribution is -2.48. The van der Waals surface area contributed by atoms with Gasteiger partial charge >= 0.3 is 0 Å². The van der Waals surface area contributed by atoms with E-state index in [2.05, 4.69) is 15.0 Å². The van der Waals surface area contributed by atoms with Gasteiger partial charge in [-0.15, -0.1) is 0 Å². The van der Waals surface area contributed by atoms with Crippen LogP contribution < -0.4 is 4.90 Å². The van der Waals surface area contributed by atoms with Gasteiger partial charge in [-0.2, -0.15) is 5.10 Å². The molecule has 3 heterocycles. The molecule has 6 heteroatoms. The predicted molar refractivity (Wildman–Crippen MR) is 66.6 cm³/mol. The van der Waals surface area contributed by atoms with Crippen molar-refractivity contribution in [1.29, 1.82) is 0 Å². The van der Waals surface area contributed by atoms with Crippen molar-refractivity contribution in [2.45, 2.75) is 19.1 Å². The van der Waals surface area contributed by atoms with Crippen LogP contribution in [0.2, 0.25) is 0 Å². The average Bonchev–Trinajstić information content (AvgIpc) is 2.85. The van der Waals surface area contributed by atoms with Crippen molar-refractivity contribution in [2.75, 3.05) is 24.6 Å². The van der Waals surface area contributed by atoms with E-state index in [-0.39, 0.29) is 18.8 Å². The lowest BCUT2D eigenvalue weighted by molar-refractivity contribution is -0.0422. The van der Waals surface area contributed by atoms with Gasteiger partial charge in [-0.3, -0.25) is 0 Å². The summed E-state index contributed by atoms with van der Waals surface area (Å²) < 4.78 is 7.44. The Hall–Kier alpha value is -1.66. The molecule has 1 fully saturated rings. The maximum absolute atomic E-state index is 9.26. The van der Waals surface area contributed by atoms with Crippen molar-refractivity contribution in [3.63, 3.8) is 0 Å². The minimum atomic E-state index is -0.154. The molecule has 2 unspecified atom stereocenters. The summed E-state index contributed by atoms with van der Waals surface area (Å²) in [5.41, 5.74) is 0.975. The van der Waals surface area contributed by atoms with E-state index in [4.69, 9.17) is 4.74 Å². The van der Waals surface area contributed by atoms with Crippen molar-refractivity contribution in [1.82, 2.24) is 14.6 Å². The second-order valence-corrected chi connectivity index (χ2v) is 4.57. The fourth-order valence-electron chi connectivity index (χ4n) is 2.41. The number of hydrogen-bond acceptors (Lipinski definition) is 5. The molecule has 3 rings (SSSR count). The van der Waals surface area contributed by atoms with E-state index < -0.39 is 0 Å². The fourth-order valence-corrected chi connectivity index (χ4v) is 2.41. The topological polar surface area (TPSA) is 62.9 Å². The monoisotopic (exact) mass is 248 g/mol. The molecule has 0 aromatic carbocycles. The van der Waals surface area contributed by atoms with Gasteiger partial charge in [0.25, 0.3) is 0 Å². The molecule has 18 heavy (non-hydrogen) atoms. The summed E-state index contributed by atoms with van der Waals surface area (Å²) in [5.74, 6) is 0.892. The van der Waals surface area contributed by atoms with Crippen molar-refractivity contribution >= 4 is 11.3 Å². The lowest BCUT2D eigenvalue weighted by Gasteiger charge is -2.36. The highest BCUT2D eigenvalue weighted by atomic mass is 16.5. The molecule has 2 aromatic heterocycles. The normalized spacial score (nSPS) is 24.7. The molecule has 1 saturated heterocycles. The number of rotatable bonds is 2. The number of aliphatic hydroxyl groups is 1. The number of nitrogens with zero attached hydrogens (tertiary/aromatic N) is 4. The standard InChI is InChI=1S/C12H16N4O2/c1-9-6-15(7-10(8-17)18-9)12-11-2-3-14-16(11)5-4-13-12/h2-5,9-10,17H,6-8H2,1H3. The quantitative estimate of drug-likeness (QED) is 0.829. The lowest BCUT2D eigenvalue weighted by atomic mass is 10.2. The number of anilines is 1. The summed E-state index contributed by atoms with van der Waals surface area (Å²) in [6.07, 6.45) is 5.25. The van der Waals surface area contributed by atoms with Gasteiger partial charge in [0.2, 0.25) is 0 Å². The predicted octanol–water partition coefficient (Wildman–Crippen LogP) is 0.315. The second kappa shape index (κ2) is 4.55. The number of aromatic nitrogens is 3. The molecule has 1 N–H and O–H groups in total. The molecule has 0 radical (unpaired) electrons. The fraction of sp³-hybridized carbons (Fsp3) is 0.500. The minimum absolute atomic E-state index is 0.0310. The van der Waals surface area contributed by atoms with E-state index in [0.29, 0.717) is 6.54 Å². The molecule has 6 nitrogen and oxygen atoms in total. The van der Waals surface area contributed by atoms with Crippen LogP contribution in [0.25, 0.3) is 5.52 Å². The van der Waals surface area contributed by atoms with Gasteiger partial charge in [0.1, 0.15) is 5.52 Å². The summed E-state index contributed by atoms with van der Waals surface area (Å²) in [6.45, 7) is 3.46. The Morgan fingerprint density at radius 1 is 1.44 bits per heavy atom. The number of aliphatic hydroxyl groups excluding tert-OH is 1. The van der Waals surface area contributed by atoms with Gasteiger partial charge in [-0.1, -0.05) is 0 Å². The average molecular weight is 248 g/mol. The van der Waals surface area contributed by atoms with Gasteiger partial charge in [0.05, 0.1) is 25.0 Å². The molecule has 0 saturated carbocycles. The van der Waals surface area contributed by atoms with Gasteiger partial charge in [0.15, 0.2) is 5.82 Å². The first kappa shape index (κ1) is 11.4. The van der Waals surface area contributed by atoms with Crippen molar-refractivity contribution in [2.24, 2.45) is 0 Å². The highest BCUT2D eigenvalue weighted by Crippen LogP contribution is 2.22. The molecule has 0 amide bonds. The molecular formula is C12H16N4O2. The first-order valence-corrected chi connectivity index (χ1v) is 6.07. The summed E-state index contributed by atoms with van der Waals surface area (Å²) in [7, 11) is 0. The zero-order chi connectivity index (χ0) is 12.5. The first-order valence-electron chi connectivity index (χ1n) is 6.07. The van der Waals surface area contributed by atoms with Crippen LogP contribution in [0.1, 0.15) is 6.92 Å². The van der Waals surface area contributed by atoms with Crippen LogP contribution in [0.15, 0.2) is 24.7 Å². The SMILES string of the molecule is CC1CN(c2nccn3nccc23)CC(CO)O1. The van der Waals surface area contributed by atoms with Gasteiger partial charge < -0.3 is 14.7 Å². The molecule has 1 aliphatic rings. The third-order valence-corrected chi connectivity index (χ3v) is 3.13. The molecule has 0 bridgehead atoms. The van der Waals surface area contributed by atoms with Crippen molar-refractivity contribution in [3.05, 3.63) is 24.7 Å². The van der Waals surface area contributed by atoms with Crippen LogP contribution in [0.3, 0.4) is 0 Å². The Morgan fingerprint density at radius 3 is 3.17 bits per heavy atom. The molecule has 2 atom stereocenters. The van der Waals surface area contributed by atoms with E-state index in [1.807, 2.05) is 19.2 Å². The third-order valence-electron chi connectivity index (χ3n) is 3.13. The van der Waals surface area contributed by atoms with E-state index in [1.54, 1.807) is 16.9 Å². The smallest absolute Gasteiger partial charge is 0.154 e. The van der Waals surface area contributed by atoms with Crippen LogP contribution in [0, 0.1) is 0 Å². The maximum Gasteiger partial charge on any atom is 0.154 e. The van der Waals surface area contributed by atoms with Crippen LogP contribution in [0.5, 0.6) is 0 Å². The highest BCUT2D eigenvalue weighted by molar-refractivity contribution is 5.68. The molecular weight excluding hydrogens is 232 g/mol. The molecule has 2 aromatic rings. The minimum Gasteiger partial charge on any atom is -0.394 e.